The normalized spacial score (nSPS) is 31.7. The lowest BCUT2D eigenvalue weighted by Crippen LogP contribution is -2.60. The van der Waals surface area contributed by atoms with Crippen molar-refractivity contribution in [3.8, 4) is 6.07 Å². The lowest BCUT2D eigenvalue weighted by atomic mass is 9.85. The fourth-order valence-electron chi connectivity index (χ4n) is 1.85. The predicted molar refractivity (Wildman–Crippen MR) is 57.4 cm³/mol. The van der Waals surface area contributed by atoms with Gasteiger partial charge in [-0.2, -0.15) is 5.26 Å². The van der Waals surface area contributed by atoms with Gasteiger partial charge in [-0.15, -0.1) is 0 Å². The number of hydrogen-bond acceptors (Lipinski definition) is 4. The van der Waals surface area contributed by atoms with E-state index in [1.165, 1.54) is 0 Å². The Balaban J connectivity index is 2.25. The van der Waals surface area contributed by atoms with Gasteiger partial charge in [-0.3, -0.25) is 0 Å². The standard InChI is InChI=1S/C11H20N2O2/c1-4-15-10-5-9(11(10)14-3)13-7-8(2)6-12/h8-11,13H,4-5,7H2,1-3H3. The first-order valence-electron chi connectivity index (χ1n) is 5.50. The number of nitriles is 1. The molecule has 0 aromatic carbocycles. The molecule has 4 unspecified atom stereocenters. The average Bonchev–Trinajstić information content (AvgIpc) is 2.22. The first-order valence-corrected chi connectivity index (χ1v) is 5.50. The van der Waals surface area contributed by atoms with E-state index in [-0.39, 0.29) is 18.1 Å². The van der Waals surface area contributed by atoms with E-state index in [9.17, 15) is 0 Å². The Kier molecular flexibility index (Phi) is 5.03. The molecule has 0 spiro atoms. The SMILES string of the molecule is CCOC1CC(NCC(C)C#N)C1OC. The first-order chi connectivity index (χ1) is 7.22. The molecule has 4 heteroatoms. The Morgan fingerprint density at radius 2 is 2.33 bits per heavy atom. The molecule has 1 saturated carbocycles. The Hall–Kier alpha value is -0.630. The molecule has 1 aliphatic carbocycles. The summed E-state index contributed by atoms with van der Waals surface area (Å²) in [5, 5.41) is 12.0. The van der Waals surface area contributed by atoms with Crippen LogP contribution in [0.3, 0.4) is 0 Å². The van der Waals surface area contributed by atoms with Crippen LogP contribution < -0.4 is 5.32 Å². The summed E-state index contributed by atoms with van der Waals surface area (Å²) in [7, 11) is 1.71. The van der Waals surface area contributed by atoms with E-state index in [1.54, 1.807) is 7.11 Å². The van der Waals surface area contributed by atoms with Crippen molar-refractivity contribution in [3.05, 3.63) is 0 Å². The topological polar surface area (TPSA) is 54.3 Å². The van der Waals surface area contributed by atoms with Crippen molar-refractivity contribution >= 4 is 0 Å². The summed E-state index contributed by atoms with van der Waals surface area (Å²) in [6.07, 6.45) is 1.33. The molecule has 86 valence electrons. The van der Waals surface area contributed by atoms with Crippen LogP contribution in [0.15, 0.2) is 0 Å². The lowest BCUT2D eigenvalue weighted by Gasteiger charge is -2.43. The van der Waals surface area contributed by atoms with E-state index in [4.69, 9.17) is 14.7 Å². The van der Waals surface area contributed by atoms with Crippen molar-refractivity contribution in [3.63, 3.8) is 0 Å². The van der Waals surface area contributed by atoms with E-state index >= 15 is 0 Å². The van der Waals surface area contributed by atoms with Crippen molar-refractivity contribution in [2.24, 2.45) is 5.92 Å². The number of ether oxygens (including phenoxy) is 2. The van der Waals surface area contributed by atoms with Gasteiger partial charge in [-0.05, 0) is 20.3 Å². The van der Waals surface area contributed by atoms with Gasteiger partial charge in [0.2, 0.25) is 0 Å². The summed E-state index contributed by atoms with van der Waals surface area (Å²) in [6, 6.07) is 2.54. The van der Waals surface area contributed by atoms with Crippen LogP contribution in [0.2, 0.25) is 0 Å². The summed E-state index contributed by atoms with van der Waals surface area (Å²) < 4.78 is 10.9. The molecule has 1 fully saturated rings. The Labute approximate surface area is 91.6 Å². The Bertz CT molecular complexity index is 227. The monoisotopic (exact) mass is 212 g/mol. The summed E-state index contributed by atoms with van der Waals surface area (Å²) in [4.78, 5) is 0. The maximum atomic E-state index is 8.65. The van der Waals surface area contributed by atoms with Crippen LogP contribution in [0.25, 0.3) is 0 Å². The van der Waals surface area contributed by atoms with E-state index in [0.29, 0.717) is 6.04 Å². The minimum atomic E-state index is 0.0497. The van der Waals surface area contributed by atoms with Gasteiger partial charge in [0.05, 0.1) is 24.2 Å². The van der Waals surface area contributed by atoms with Gasteiger partial charge in [0.1, 0.15) is 0 Å². The number of nitrogens with one attached hydrogen (secondary N) is 1. The van der Waals surface area contributed by atoms with E-state index < -0.39 is 0 Å². The second-order valence-corrected chi connectivity index (χ2v) is 3.97. The molecule has 0 saturated heterocycles. The molecule has 0 aromatic rings. The summed E-state index contributed by atoms with van der Waals surface area (Å²) in [5.74, 6) is 0.0497. The third kappa shape index (κ3) is 3.16. The minimum Gasteiger partial charge on any atom is -0.377 e. The van der Waals surface area contributed by atoms with E-state index in [0.717, 1.165) is 19.6 Å². The van der Waals surface area contributed by atoms with Crippen LogP contribution in [0.1, 0.15) is 20.3 Å². The maximum Gasteiger partial charge on any atom is 0.0986 e. The van der Waals surface area contributed by atoms with Crippen LogP contribution in [-0.2, 0) is 9.47 Å². The summed E-state index contributed by atoms with van der Waals surface area (Å²) >= 11 is 0. The fraction of sp³-hybridized carbons (Fsp3) is 0.909. The first kappa shape index (κ1) is 12.4. The Morgan fingerprint density at radius 3 is 2.87 bits per heavy atom. The molecule has 0 aliphatic heterocycles. The molecule has 0 amide bonds. The second kappa shape index (κ2) is 6.06. The number of hydrogen-bond donors (Lipinski definition) is 1. The molecule has 0 aromatic heterocycles. The molecule has 1 aliphatic rings. The molecule has 1 N–H and O–H groups in total. The van der Waals surface area contributed by atoms with Crippen LogP contribution >= 0.6 is 0 Å². The van der Waals surface area contributed by atoms with Crippen LogP contribution in [0.4, 0.5) is 0 Å². The molecule has 15 heavy (non-hydrogen) atoms. The predicted octanol–water partition coefficient (Wildman–Crippen LogP) is 0.928. The van der Waals surface area contributed by atoms with Crippen molar-refractivity contribution in [2.45, 2.75) is 38.5 Å². The van der Waals surface area contributed by atoms with Crippen molar-refractivity contribution in [1.29, 1.82) is 5.26 Å². The number of rotatable bonds is 6. The lowest BCUT2D eigenvalue weighted by molar-refractivity contribution is -0.131. The van der Waals surface area contributed by atoms with E-state index in [2.05, 4.69) is 11.4 Å². The average molecular weight is 212 g/mol. The highest BCUT2D eigenvalue weighted by Gasteiger charge is 2.41. The van der Waals surface area contributed by atoms with E-state index in [1.807, 2.05) is 13.8 Å². The minimum absolute atomic E-state index is 0.0497. The largest absolute Gasteiger partial charge is 0.377 e. The summed E-state index contributed by atoms with van der Waals surface area (Å²) in [6.45, 7) is 5.35. The van der Waals surface area contributed by atoms with Gasteiger partial charge in [0, 0.05) is 26.3 Å². The molecule has 0 radical (unpaired) electrons. The molecule has 1 rings (SSSR count). The van der Waals surface area contributed by atoms with Gasteiger partial charge in [-0.25, -0.2) is 0 Å². The van der Waals surface area contributed by atoms with Gasteiger partial charge in [-0.1, -0.05) is 0 Å². The van der Waals surface area contributed by atoms with Gasteiger partial charge < -0.3 is 14.8 Å². The third-order valence-electron chi connectivity index (χ3n) is 2.81. The molecule has 4 nitrogen and oxygen atoms in total. The van der Waals surface area contributed by atoms with Gasteiger partial charge in [0.15, 0.2) is 0 Å². The maximum absolute atomic E-state index is 8.65. The second-order valence-electron chi connectivity index (χ2n) is 3.97. The zero-order valence-corrected chi connectivity index (χ0v) is 9.69. The van der Waals surface area contributed by atoms with Gasteiger partial charge in [0.25, 0.3) is 0 Å². The smallest absolute Gasteiger partial charge is 0.0986 e. The zero-order valence-electron chi connectivity index (χ0n) is 9.69. The zero-order chi connectivity index (χ0) is 11.3. The summed E-state index contributed by atoms with van der Waals surface area (Å²) in [5.41, 5.74) is 0. The molecule has 4 atom stereocenters. The highest BCUT2D eigenvalue weighted by molar-refractivity contribution is 4.98. The van der Waals surface area contributed by atoms with Gasteiger partial charge >= 0.3 is 0 Å². The quantitative estimate of drug-likeness (QED) is 0.711. The van der Waals surface area contributed by atoms with Crippen LogP contribution in [-0.4, -0.2) is 38.5 Å². The highest BCUT2D eigenvalue weighted by atomic mass is 16.5. The molecular formula is C11H20N2O2. The van der Waals surface area contributed by atoms with Crippen molar-refractivity contribution in [2.75, 3.05) is 20.3 Å². The van der Waals surface area contributed by atoms with Crippen LogP contribution in [0.5, 0.6) is 0 Å². The van der Waals surface area contributed by atoms with Crippen molar-refractivity contribution in [1.82, 2.24) is 5.32 Å². The molecule has 0 heterocycles. The van der Waals surface area contributed by atoms with Crippen LogP contribution in [0, 0.1) is 17.2 Å². The number of methoxy groups -OCH3 is 1. The molecule has 0 bridgehead atoms. The Morgan fingerprint density at radius 1 is 1.60 bits per heavy atom. The third-order valence-corrected chi connectivity index (χ3v) is 2.81. The fourth-order valence-corrected chi connectivity index (χ4v) is 1.85. The number of nitrogens with zero attached hydrogens (tertiary/aromatic N) is 1. The molecular weight excluding hydrogens is 192 g/mol. The van der Waals surface area contributed by atoms with Crippen molar-refractivity contribution < 1.29 is 9.47 Å². The highest BCUT2D eigenvalue weighted by Crippen LogP contribution is 2.26.